The maximum absolute atomic E-state index is 4.13. The number of nitrogens with zero attached hydrogens (tertiary/aromatic N) is 1. The Morgan fingerprint density at radius 1 is 1.50 bits per heavy atom. The van der Waals surface area contributed by atoms with Crippen LogP contribution in [-0.4, -0.2) is 16.2 Å². The number of hydrogen-bond acceptors (Lipinski definition) is 3. The number of halogens is 1. The van der Waals surface area contributed by atoms with Gasteiger partial charge in [0.1, 0.15) is 0 Å². The molecule has 84 valence electrons. The molecule has 2 heterocycles. The minimum Gasteiger partial charge on any atom is -0.310 e. The molecule has 0 aliphatic heterocycles. The van der Waals surface area contributed by atoms with Crippen molar-refractivity contribution in [3.05, 3.63) is 27.7 Å². The lowest BCUT2D eigenvalue weighted by molar-refractivity contribution is 0.689. The summed E-state index contributed by atoms with van der Waals surface area (Å²) in [5.41, 5.74) is 2.39. The molecule has 0 bridgehead atoms. The highest BCUT2D eigenvalue weighted by Gasteiger charge is 2.21. The Morgan fingerprint density at radius 2 is 2.38 bits per heavy atom. The Balaban J connectivity index is 1.80. The molecule has 5 heteroatoms. The van der Waals surface area contributed by atoms with Crippen molar-refractivity contribution in [1.29, 1.82) is 0 Å². The fraction of sp³-hybridized carbons (Fsp3) is 0.364. The van der Waals surface area contributed by atoms with Gasteiger partial charge in [-0.15, -0.1) is 11.3 Å². The third kappa shape index (κ3) is 2.21. The number of nitrogens with one attached hydrogen (secondary N) is 2. The van der Waals surface area contributed by atoms with Crippen LogP contribution in [0.25, 0.3) is 10.6 Å². The monoisotopic (exact) mass is 297 g/mol. The summed E-state index contributed by atoms with van der Waals surface area (Å²) in [6.07, 6.45) is 4.55. The molecule has 0 saturated heterocycles. The molecular formula is C11H12BrN3S. The van der Waals surface area contributed by atoms with Crippen molar-refractivity contribution in [1.82, 2.24) is 15.5 Å². The average Bonchev–Trinajstić information content (AvgIpc) is 2.82. The van der Waals surface area contributed by atoms with Crippen LogP contribution in [0, 0.1) is 0 Å². The molecule has 3 rings (SSSR count). The zero-order chi connectivity index (χ0) is 11.0. The van der Waals surface area contributed by atoms with Crippen molar-refractivity contribution in [2.24, 2.45) is 0 Å². The highest BCUT2D eigenvalue weighted by Crippen LogP contribution is 2.32. The van der Waals surface area contributed by atoms with Crippen molar-refractivity contribution in [2.45, 2.75) is 25.4 Å². The fourth-order valence-corrected chi connectivity index (χ4v) is 3.07. The zero-order valence-electron chi connectivity index (χ0n) is 8.66. The van der Waals surface area contributed by atoms with Crippen molar-refractivity contribution in [2.75, 3.05) is 0 Å². The van der Waals surface area contributed by atoms with E-state index in [1.165, 1.54) is 23.3 Å². The summed E-state index contributed by atoms with van der Waals surface area (Å²) in [5.74, 6) is 0. The second-order valence-corrected chi connectivity index (χ2v) is 6.49. The third-order valence-corrected chi connectivity index (χ3v) is 4.34. The molecule has 1 saturated carbocycles. The maximum atomic E-state index is 4.13. The number of hydrogen-bond donors (Lipinski definition) is 2. The molecule has 0 spiro atoms. The molecule has 16 heavy (non-hydrogen) atoms. The molecule has 0 amide bonds. The second-order valence-electron chi connectivity index (χ2n) is 4.03. The number of aromatic amines is 1. The van der Waals surface area contributed by atoms with Crippen LogP contribution in [0.3, 0.4) is 0 Å². The van der Waals surface area contributed by atoms with Gasteiger partial charge in [0.25, 0.3) is 0 Å². The first-order chi connectivity index (χ1) is 7.83. The van der Waals surface area contributed by atoms with E-state index in [2.05, 4.69) is 43.6 Å². The van der Waals surface area contributed by atoms with E-state index in [4.69, 9.17) is 0 Å². The van der Waals surface area contributed by atoms with Gasteiger partial charge in [0.05, 0.1) is 20.6 Å². The van der Waals surface area contributed by atoms with E-state index < -0.39 is 0 Å². The minimum atomic E-state index is 0.734. The molecule has 0 unspecified atom stereocenters. The van der Waals surface area contributed by atoms with Crippen molar-refractivity contribution in [3.63, 3.8) is 0 Å². The predicted molar refractivity (Wildman–Crippen MR) is 69.5 cm³/mol. The zero-order valence-corrected chi connectivity index (χ0v) is 11.1. The van der Waals surface area contributed by atoms with Crippen LogP contribution in [0.2, 0.25) is 0 Å². The van der Waals surface area contributed by atoms with Gasteiger partial charge in [0.2, 0.25) is 0 Å². The van der Waals surface area contributed by atoms with Crippen molar-refractivity contribution in [3.8, 4) is 10.6 Å². The van der Waals surface area contributed by atoms with E-state index in [0.717, 1.165) is 22.1 Å². The predicted octanol–water partition coefficient (Wildman–Crippen LogP) is 3.15. The molecule has 0 aromatic carbocycles. The largest absolute Gasteiger partial charge is 0.310 e. The Morgan fingerprint density at radius 3 is 3.06 bits per heavy atom. The summed E-state index contributed by atoms with van der Waals surface area (Å²) in [6, 6.07) is 4.92. The Bertz CT molecular complexity index is 487. The van der Waals surface area contributed by atoms with Crippen molar-refractivity contribution < 1.29 is 0 Å². The van der Waals surface area contributed by atoms with E-state index in [9.17, 15) is 0 Å². The van der Waals surface area contributed by atoms with Gasteiger partial charge in [0.15, 0.2) is 0 Å². The average molecular weight is 298 g/mol. The highest BCUT2D eigenvalue weighted by molar-refractivity contribution is 9.11. The van der Waals surface area contributed by atoms with E-state index in [0.29, 0.717) is 0 Å². The molecule has 1 fully saturated rings. The van der Waals surface area contributed by atoms with Crippen LogP contribution < -0.4 is 5.32 Å². The molecule has 2 N–H and O–H groups in total. The van der Waals surface area contributed by atoms with Gasteiger partial charge >= 0.3 is 0 Å². The molecule has 1 aliphatic rings. The molecule has 0 atom stereocenters. The van der Waals surface area contributed by atoms with Gasteiger partial charge in [-0.1, -0.05) is 0 Å². The summed E-state index contributed by atoms with van der Waals surface area (Å²) in [4.78, 5) is 1.23. The lowest BCUT2D eigenvalue weighted by Gasteiger charge is -2.02. The normalized spacial score (nSPS) is 15.6. The van der Waals surface area contributed by atoms with Gasteiger partial charge in [-0.3, -0.25) is 5.10 Å². The van der Waals surface area contributed by atoms with Crippen LogP contribution in [0.5, 0.6) is 0 Å². The summed E-state index contributed by atoms with van der Waals surface area (Å²) < 4.78 is 1.15. The third-order valence-electron chi connectivity index (χ3n) is 2.70. The molecular weight excluding hydrogens is 286 g/mol. The fourth-order valence-electron chi connectivity index (χ4n) is 1.65. The highest BCUT2D eigenvalue weighted by atomic mass is 79.9. The molecule has 2 aromatic heterocycles. The number of thiophene rings is 1. The standard InChI is InChI=1S/C11H12BrN3S/c12-10-4-3-9(16-10)11-7(6-14-15-11)5-13-8-1-2-8/h3-4,6,8,13H,1-2,5H2,(H,14,15). The molecule has 0 radical (unpaired) electrons. The van der Waals surface area contributed by atoms with Crippen LogP contribution >= 0.6 is 27.3 Å². The SMILES string of the molecule is Brc1ccc(-c2[nH]ncc2CNC2CC2)s1. The quantitative estimate of drug-likeness (QED) is 0.910. The minimum absolute atomic E-state index is 0.734. The van der Waals surface area contributed by atoms with E-state index >= 15 is 0 Å². The second kappa shape index (κ2) is 4.31. The molecule has 2 aromatic rings. The van der Waals surface area contributed by atoms with Gasteiger partial charge < -0.3 is 5.32 Å². The lowest BCUT2D eigenvalue weighted by atomic mass is 10.2. The first-order valence-electron chi connectivity index (χ1n) is 5.34. The van der Waals surface area contributed by atoms with Crippen LogP contribution in [0.1, 0.15) is 18.4 Å². The summed E-state index contributed by atoms with van der Waals surface area (Å²) in [7, 11) is 0. The lowest BCUT2D eigenvalue weighted by Crippen LogP contribution is -2.15. The number of rotatable bonds is 4. The van der Waals surface area contributed by atoms with Gasteiger partial charge in [0, 0.05) is 18.2 Å². The van der Waals surface area contributed by atoms with Gasteiger partial charge in [-0.25, -0.2) is 0 Å². The van der Waals surface area contributed by atoms with E-state index in [1.54, 1.807) is 11.3 Å². The number of aromatic nitrogens is 2. The maximum Gasteiger partial charge on any atom is 0.0795 e. The first-order valence-corrected chi connectivity index (χ1v) is 6.95. The van der Waals surface area contributed by atoms with E-state index in [-0.39, 0.29) is 0 Å². The number of H-pyrrole nitrogens is 1. The summed E-state index contributed by atoms with van der Waals surface area (Å²) >= 11 is 5.21. The smallest absolute Gasteiger partial charge is 0.0795 e. The Kier molecular flexibility index (Phi) is 2.83. The Labute approximate surface area is 106 Å². The summed E-state index contributed by atoms with van der Waals surface area (Å²) in [5, 5.41) is 10.7. The van der Waals surface area contributed by atoms with Crippen LogP contribution in [-0.2, 0) is 6.54 Å². The van der Waals surface area contributed by atoms with Crippen LogP contribution in [0.15, 0.2) is 22.1 Å². The van der Waals surface area contributed by atoms with E-state index in [1.807, 2.05) is 6.20 Å². The first kappa shape index (κ1) is 10.5. The molecule has 1 aliphatic carbocycles. The van der Waals surface area contributed by atoms with Crippen molar-refractivity contribution >= 4 is 27.3 Å². The van der Waals surface area contributed by atoms with Gasteiger partial charge in [-0.05, 0) is 40.9 Å². The summed E-state index contributed by atoms with van der Waals surface area (Å²) in [6.45, 7) is 0.909. The molecule has 3 nitrogen and oxygen atoms in total. The van der Waals surface area contributed by atoms with Crippen LogP contribution in [0.4, 0.5) is 0 Å². The van der Waals surface area contributed by atoms with Gasteiger partial charge in [-0.2, -0.15) is 5.10 Å². The Hall–Kier alpha value is -0.650. The topological polar surface area (TPSA) is 40.7 Å².